The molecule has 1 heterocycles. The van der Waals surface area contributed by atoms with Crippen molar-refractivity contribution in [2.24, 2.45) is 0 Å². The highest BCUT2D eigenvalue weighted by atomic mass is 32.2. The zero-order chi connectivity index (χ0) is 10.9. The van der Waals surface area contributed by atoms with Gasteiger partial charge >= 0.3 is 0 Å². The highest BCUT2D eigenvalue weighted by Gasteiger charge is 2.14. The molecule has 2 rings (SSSR count). The Balaban J connectivity index is 2.39. The van der Waals surface area contributed by atoms with Crippen molar-refractivity contribution in [2.75, 3.05) is 22.8 Å². The van der Waals surface area contributed by atoms with Crippen LogP contribution in [-0.4, -0.2) is 21.2 Å². The van der Waals surface area contributed by atoms with E-state index < -0.39 is 10.0 Å². The molecule has 0 radical (unpaired) electrons. The normalized spacial score (nSPS) is 15.3. The van der Waals surface area contributed by atoms with Crippen molar-refractivity contribution in [1.82, 2.24) is 0 Å². The molecule has 0 saturated carbocycles. The van der Waals surface area contributed by atoms with Crippen molar-refractivity contribution in [3.63, 3.8) is 0 Å². The van der Waals surface area contributed by atoms with E-state index in [2.05, 4.69) is 10.0 Å². The highest BCUT2D eigenvalue weighted by Crippen LogP contribution is 2.29. The van der Waals surface area contributed by atoms with Gasteiger partial charge in [0.25, 0.3) is 0 Å². The Morgan fingerprint density at radius 3 is 2.93 bits per heavy atom. The van der Waals surface area contributed by atoms with Crippen LogP contribution in [0.2, 0.25) is 0 Å². The summed E-state index contributed by atoms with van der Waals surface area (Å²) in [5.74, 6) is 0. The van der Waals surface area contributed by atoms with Gasteiger partial charge in [0.2, 0.25) is 10.0 Å². The maximum Gasteiger partial charge on any atom is 0.229 e. The lowest BCUT2D eigenvalue weighted by Crippen LogP contribution is -2.16. The third kappa shape index (κ3) is 2.41. The van der Waals surface area contributed by atoms with Crippen LogP contribution < -0.4 is 10.0 Å². The summed E-state index contributed by atoms with van der Waals surface area (Å²) >= 11 is 0. The molecule has 0 spiro atoms. The zero-order valence-electron chi connectivity index (χ0n) is 8.58. The number of hydrogen-bond donors (Lipinski definition) is 2. The van der Waals surface area contributed by atoms with Crippen molar-refractivity contribution in [2.45, 2.75) is 12.8 Å². The summed E-state index contributed by atoms with van der Waals surface area (Å²) in [6.45, 7) is 0.954. The van der Waals surface area contributed by atoms with Gasteiger partial charge in [-0.15, -0.1) is 0 Å². The fraction of sp³-hybridized carbons (Fsp3) is 0.400. The van der Waals surface area contributed by atoms with Gasteiger partial charge in [0.15, 0.2) is 0 Å². The molecule has 82 valence electrons. The third-order valence-electron chi connectivity index (χ3n) is 2.39. The molecule has 0 aliphatic carbocycles. The van der Waals surface area contributed by atoms with Crippen molar-refractivity contribution in [3.8, 4) is 0 Å². The molecule has 0 saturated heterocycles. The van der Waals surface area contributed by atoms with E-state index in [9.17, 15) is 8.42 Å². The van der Waals surface area contributed by atoms with Crippen LogP contribution in [0.1, 0.15) is 12.0 Å². The third-order valence-corrected chi connectivity index (χ3v) is 2.98. The Hall–Kier alpha value is -1.23. The van der Waals surface area contributed by atoms with Gasteiger partial charge in [-0.25, -0.2) is 8.42 Å². The van der Waals surface area contributed by atoms with Crippen LogP contribution in [0.5, 0.6) is 0 Å². The van der Waals surface area contributed by atoms with Crippen LogP contribution in [0.4, 0.5) is 11.4 Å². The van der Waals surface area contributed by atoms with E-state index in [0.717, 1.165) is 30.6 Å². The molecule has 0 bridgehead atoms. The average Bonchev–Trinajstić information content (AvgIpc) is 2.16. The summed E-state index contributed by atoms with van der Waals surface area (Å²) in [6.07, 6.45) is 3.12. The maximum absolute atomic E-state index is 11.2. The van der Waals surface area contributed by atoms with Crippen LogP contribution in [0.15, 0.2) is 18.2 Å². The van der Waals surface area contributed by atoms with Gasteiger partial charge in [0, 0.05) is 12.2 Å². The number of hydrogen-bond acceptors (Lipinski definition) is 3. The fourth-order valence-corrected chi connectivity index (χ4v) is 2.40. The van der Waals surface area contributed by atoms with Gasteiger partial charge in [0.05, 0.1) is 11.9 Å². The summed E-state index contributed by atoms with van der Waals surface area (Å²) in [5, 5.41) is 3.25. The SMILES string of the molecule is CS(=O)(=O)Nc1cccc2c1CCCN2. The minimum Gasteiger partial charge on any atom is -0.385 e. The first-order chi connectivity index (χ1) is 7.06. The lowest BCUT2D eigenvalue weighted by atomic mass is 10.0. The molecule has 1 aliphatic rings. The highest BCUT2D eigenvalue weighted by molar-refractivity contribution is 7.92. The van der Waals surface area contributed by atoms with Crippen LogP contribution in [-0.2, 0) is 16.4 Å². The average molecular weight is 226 g/mol. The van der Waals surface area contributed by atoms with Crippen molar-refractivity contribution in [3.05, 3.63) is 23.8 Å². The summed E-state index contributed by atoms with van der Waals surface area (Å²) in [4.78, 5) is 0. The lowest BCUT2D eigenvalue weighted by molar-refractivity contribution is 0.606. The molecule has 4 nitrogen and oxygen atoms in total. The van der Waals surface area contributed by atoms with Crippen LogP contribution in [0.25, 0.3) is 0 Å². The van der Waals surface area contributed by atoms with E-state index >= 15 is 0 Å². The van der Waals surface area contributed by atoms with Crippen LogP contribution in [0.3, 0.4) is 0 Å². The van der Waals surface area contributed by atoms with E-state index in [1.807, 2.05) is 12.1 Å². The predicted molar refractivity (Wildman–Crippen MR) is 61.7 cm³/mol. The van der Waals surface area contributed by atoms with Crippen LogP contribution in [0, 0.1) is 0 Å². The Kier molecular flexibility index (Phi) is 2.56. The molecule has 15 heavy (non-hydrogen) atoms. The van der Waals surface area contributed by atoms with E-state index in [0.29, 0.717) is 5.69 Å². The molecule has 0 unspecified atom stereocenters. The summed E-state index contributed by atoms with van der Waals surface area (Å²) in [5.41, 5.74) is 2.80. The quantitative estimate of drug-likeness (QED) is 0.801. The molecule has 1 aromatic rings. The van der Waals surface area contributed by atoms with Gasteiger partial charge in [-0.1, -0.05) is 6.07 Å². The van der Waals surface area contributed by atoms with E-state index in [1.54, 1.807) is 6.07 Å². The first-order valence-electron chi connectivity index (χ1n) is 4.90. The molecule has 0 aromatic heterocycles. The van der Waals surface area contributed by atoms with Gasteiger partial charge in [-0.05, 0) is 30.5 Å². The number of anilines is 2. The van der Waals surface area contributed by atoms with Gasteiger partial charge in [0.1, 0.15) is 0 Å². The Labute approximate surface area is 89.7 Å². The van der Waals surface area contributed by atoms with Gasteiger partial charge in [-0.2, -0.15) is 0 Å². The molecule has 1 aromatic carbocycles. The molecule has 5 heteroatoms. The second-order valence-electron chi connectivity index (χ2n) is 3.74. The minimum atomic E-state index is -3.19. The number of rotatable bonds is 2. The van der Waals surface area contributed by atoms with Crippen LogP contribution >= 0.6 is 0 Å². The van der Waals surface area contributed by atoms with E-state index in [4.69, 9.17) is 0 Å². The largest absolute Gasteiger partial charge is 0.385 e. The van der Waals surface area contributed by atoms with Gasteiger partial charge in [-0.3, -0.25) is 4.72 Å². The Bertz CT molecular complexity index is 468. The molecule has 0 amide bonds. The van der Waals surface area contributed by atoms with Crippen molar-refractivity contribution in [1.29, 1.82) is 0 Å². The Morgan fingerprint density at radius 1 is 1.40 bits per heavy atom. The lowest BCUT2D eigenvalue weighted by Gasteiger charge is -2.20. The molecule has 2 N–H and O–H groups in total. The maximum atomic E-state index is 11.2. The second-order valence-corrected chi connectivity index (χ2v) is 5.48. The molecular weight excluding hydrogens is 212 g/mol. The summed E-state index contributed by atoms with van der Waals surface area (Å²) in [6, 6.07) is 5.62. The molecular formula is C10H14N2O2S. The van der Waals surface area contributed by atoms with E-state index in [1.165, 1.54) is 6.26 Å². The van der Waals surface area contributed by atoms with E-state index in [-0.39, 0.29) is 0 Å². The first kappa shape index (κ1) is 10.3. The smallest absolute Gasteiger partial charge is 0.229 e. The monoisotopic (exact) mass is 226 g/mol. The molecule has 1 aliphatic heterocycles. The predicted octanol–water partition coefficient (Wildman–Crippen LogP) is 1.42. The first-order valence-corrected chi connectivity index (χ1v) is 6.79. The topological polar surface area (TPSA) is 58.2 Å². The number of fused-ring (bicyclic) bond motifs is 1. The minimum absolute atomic E-state index is 0.696. The summed E-state index contributed by atoms with van der Waals surface area (Å²) < 4.78 is 24.9. The Morgan fingerprint density at radius 2 is 2.20 bits per heavy atom. The number of benzene rings is 1. The fourth-order valence-electron chi connectivity index (χ4n) is 1.81. The van der Waals surface area contributed by atoms with Crippen molar-refractivity contribution < 1.29 is 8.42 Å². The van der Waals surface area contributed by atoms with Crippen molar-refractivity contribution >= 4 is 21.4 Å². The second kappa shape index (κ2) is 3.73. The number of sulfonamides is 1. The number of nitrogens with one attached hydrogen (secondary N) is 2. The molecule has 0 fully saturated rings. The standard InChI is InChI=1S/C10H14N2O2S/c1-15(13,14)12-10-6-2-5-9-8(10)4-3-7-11-9/h2,5-6,11-12H,3-4,7H2,1H3. The molecule has 0 atom stereocenters. The van der Waals surface area contributed by atoms with Gasteiger partial charge < -0.3 is 5.32 Å². The summed E-state index contributed by atoms with van der Waals surface area (Å²) in [7, 11) is -3.19. The zero-order valence-corrected chi connectivity index (χ0v) is 9.39.